The van der Waals surface area contributed by atoms with Gasteiger partial charge in [-0.3, -0.25) is 9.78 Å². The monoisotopic (exact) mass is 299 g/mol. The van der Waals surface area contributed by atoms with E-state index >= 15 is 0 Å². The molecular weight excluding hydrogens is 289 g/mol. The molecule has 1 heterocycles. The molecule has 104 valence electrons. The Kier molecular flexibility index (Phi) is 3.67. The number of halogens is 2. The van der Waals surface area contributed by atoms with Crippen LogP contribution in [0.25, 0.3) is 10.9 Å². The van der Waals surface area contributed by atoms with Gasteiger partial charge in [-0.25, -0.2) is 4.39 Å². The van der Waals surface area contributed by atoms with Gasteiger partial charge < -0.3 is 0 Å². The summed E-state index contributed by atoms with van der Waals surface area (Å²) in [5, 5.41) is 1.25. The van der Waals surface area contributed by atoms with E-state index < -0.39 is 5.82 Å². The summed E-state index contributed by atoms with van der Waals surface area (Å²) in [4.78, 5) is 16.5. The molecule has 4 heteroatoms. The third kappa shape index (κ3) is 2.93. The molecule has 0 aliphatic rings. The van der Waals surface area contributed by atoms with Crippen LogP contribution in [0.15, 0.2) is 54.7 Å². The van der Waals surface area contributed by atoms with Crippen LogP contribution in [0.2, 0.25) is 5.02 Å². The van der Waals surface area contributed by atoms with Crippen LogP contribution in [-0.2, 0) is 6.42 Å². The van der Waals surface area contributed by atoms with Crippen LogP contribution < -0.4 is 0 Å². The molecule has 2 nitrogen and oxygen atoms in total. The number of hydrogen-bond acceptors (Lipinski definition) is 2. The zero-order chi connectivity index (χ0) is 14.8. The van der Waals surface area contributed by atoms with Gasteiger partial charge in [-0.05, 0) is 29.8 Å². The van der Waals surface area contributed by atoms with E-state index in [1.54, 1.807) is 18.3 Å². The standard InChI is InChI=1S/C17H11ClFNO/c18-15-10-14(19)6-5-12(15)9-17(21)13-4-3-11-2-1-7-20-16(11)8-13/h1-8,10H,9H2. The van der Waals surface area contributed by atoms with E-state index in [2.05, 4.69) is 4.98 Å². The molecule has 3 aromatic rings. The molecule has 0 radical (unpaired) electrons. The molecule has 0 unspecified atom stereocenters. The fraction of sp³-hybridized carbons (Fsp3) is 0.0588. The number of nitrogens with zero attached hydrogens (tertiary/aromatic N) is 1. The second-order valence-electron chi connectivity index (χ2n) is 4.75. The molecule has 0 aliphatic carbocycles. The summed E-state index contributed by atoms with van der Waals surface area (Å²) >= 11 is 5.95. The second kappa shape index (κ2) is 5.62. The van der Waals surface area contributed by atoms with Crippen LogP contribution in [0.4, 0.5) is 4.39 Å². The number of hydrogen-bond donors (Lipinski definition) is 0. The van der Waals surface area contributed by atoms with Crippen molar-refractivity contribution in [2.75, 3.05) is 0 Å². The van der Waals surface area contributed by atoms with Gasteiger partial charge in [0.05, 0.1) is 5.52 Å². The number of Topliss-reactive ketones (excluding diaryl/α,β-unsaturated/α-hetero) is 1. The highest BCUT2D eigenvalue weighted by atomic mass is 35.5. The first-order chi connectivity index (χ1) is 10.1. The Labute approximate surface area is 126 Å². The first-order valence-electron chi connectivity index (χ1n) is 6.45. The molecule has 0 spiro atoms. The van der Waals surface area contributed by atoms with Crippen LogP contribution in [0.1, 0.15) is 15.9 Å². The van der Waals surface area contributed by atoms with Gasteiger partial charge >= 0.3 is 0 Å². The minimum atomic E-state index is -0.411. The van der Waals surface area contributed by atoms with Crippen LogP contribution in [0.3, 0.4) is 0 Å². The predicted octanol–water partition coefficient (Wildman–Crippen LogP) is 4.45. The molecule has 0 N–H and O–H groups in total. The lowest BCUT2D eigenvalue weighted by atomic mass is 10.0. The third-order valence-corrected chi connectivity index (χ3v) is 3.65. The minimum absolute atomic E-state index is 0.0731. The highest BCUT2D eigenvalue weighted by Crippen LogP contribution is 2.20. The number of benzene rings is 2. The van der Waals surface area contributed by atoms with Crippen molar-refractivity contribution >= 4 is 28.3 Å². The average Bonchev–Trinajstić information content (AvgIpc) is 2.49. The van der Waals surface area contributed by atoms with Crippen LogP contribution in [-0.4, -0.2) is 10.8 Å². The molecule has 0 fully saturated rings. The van der Waals surface area contributed by atoms with Crippen molar-refractivity contribution in [3.05, 3.63) is 76.7 Å². The van der Waals surface area contributed by atoms with Gasteiger partial charge in [0.15, 0.2) is 5.78 Å². The Morgan fingerprint density at radius 2 is 2.00 bits per heavy atom. The smallest absolute Gasteiger partial charge is 0.167 e. The molecule has 2 aromatic carbocycles. The van der Waals surface area contributed by atoms with Gasteiger partial charge in [0, 0.05) is 28.6 Å². The van der Waals surface area contributed by atoms with Crippen molar-refractivity contribution < 1.29 is 9.18 Å². The lowest BCUT2D eigenvalue weighted by Gasteiger charge is -2.05. The quantitative estimate of drug-likeness (QED) is 0.669. The lowest BCUT2D eigenvalue weighted by molar-refractivity contribution is 0.0993. The zero-order valence-electron chi connectivity index (χ0n) is 11.0. The number of pyridine rings is 1. The first-order valence-corrected chi connectivity index (χ1v) is 6.83. The summed E-state index contributed by atoms with van der Waals surface area (Å²) in [6.45, 7) is 0. The molecule has 0 bridgehead atoms. The molecule has 0 amide bonds. The van der Waals surface area contributed by atoms with Gasteiger partial charge in [0.1, 0.15) is 5.82 Å². The van der Waals surface area contributed by atoms with Crippen molar-refractivity contribution in [2.45, 2.75) is 6.42 Å². The maximum Gasteiger partial charge on any atom is 0.167 e. The Hall–Kier alpha value is -2.26. The maximum atomic E-state index is 13.0. The largest absolute Gasteiger partial charge is 0.294 e. The average molecular weight is 300 g/mol. The number of ketones is 1. The van der Waals surface area contributed by atoms with Crippen LogP contribution >= 0.6 is 11.6 Å². The Balaban J connectivity index is 1.89. The molecular formula is C17H11ClFNO. The second-order valence-corrected chi connectivity index (χ2v) is 5.15. The normalized spacial score (nSPS) is 10.8. The van der Waals surface area contributed by atoms with E-state index in [4.69, 9.17) is 11.6 Å². The van der Waals surface area contributed by atoms with Crippen molar-refractivity contribution in [3.8, 4) is 0 Å². The van der Waals surface area contributed by atoms with E-state index in [1.165, 1.54) is 18.2 Å². The van der Waals surface area contributed by atoms with Crippen molar-refractivity contribution in [1.82, 2.24) is 4.98 Å². The Morgan fingerprint density at radius 1 is 1.14 bits per heavy atom. The number of aromatic nitrogens is 1. The van der Waals surface area contributed by atoms with Gasteiger partial charge in [-0.15, -0.1) is 0 Å². The molecule has 3 rings (SSSR count). The number of carbonyl (C=O) groups is 1. The molecule has 0 atom stereocenters. The summed E-state index contributed by atoms with van der Waals surface area (Å²) in [6, 6.07) is 13.2. The molecule has 0 saturated carbocycles. The molecule has 1 aromatic heterocycles. The SMILES string of the molecule is O=C(Cc1ccc(F)cc1Cl)c1ccc2cccnc2c1. The van der Waals surface area contributed by atoms with E-state index in [1.807, 2.05) is 18.2 Å². The fourth-order valence-electron chi connectivity index (χ4n) is 2.18. The van der Waals surface area contributed by atoms with E-state index in [9.17, 15) is 9.18 Å². The minimum Gasteiger partial charge on any atom is -0.294 e. The number of fused-ring (bicyclic) bond motifs is 1. The van der Waals surface area contributed by atoms with Crippen molar-refractivity contribution in [2.24, 2.45) is 0 Å². The van der Waals surface area contributed by atoms with E-state index in [-0.39, 0.29) is 17.2 Å². The van der Waals surface area contributed by atoms with Gasteiger partial charge in [-0.2, -0.15) is 0 Å². The summed E-state index contributed by atoms with van der Waals surface area (Å²) < 4.78 is 13.0. The highest BCUT2D eigenvalue weighted by Gasteiger charge is 2.11. The van der Waals surface area contributed by atoms with Gasteiger partial charge in [0.2, 0.25) is 0 Å². The van der Waals surface area contributed by atoms with Crippen molar-refractivity contribution in [1.29, 1.82) is 0 Å². The lowest BCUT2D eigenvalue weighted by Crippen LogP contribution is -2.04. The Morgan fingerprint density at radius 3 is 2.81 bits per heavy atom. The van der Waals surface area contributed by atoms with Crippen LogP contribution in [0.5, 0.6) is 0 Å². The highest BCUT2D eigenvalue weighted by molar-refractivity contribution is 6.31. The Bertz CT molecular complexity index is 832. The fourth-order valence-corrected chi connectivity index (χ4v) is 2.41. The van der Waals surface area contributed by atoms with Gasteiger partial charge in [0.25, 0.3) is 0 Å². The number of rotatable bonds is 3. The summed E-state index contributed by atoms with van der Waals surface area (Å²) in [6.07, 6.45) is 1.82. The summed E-state index contributed by atoms with van der Waals surface area (Å²) in [5.74, 6) is -0.484. The first kappa shape index (κ1) is 13.7. The predicted molar refractivity (Wildman–Crippen MR) is 81.2 cm³/mol. The maximum absolute atomic E-state index is 13.0. The molecule has 21 heavy (non-hydrogen) atoms. The van der Waals surface area contributed by atoms with Crippen LogP contribution in [0, 0.1) is 5.82 Å². The zero-order valence-corrected chi connectivity index (χ0v) is 11.8. The summed E-state index contributed by atoms with van der Waals surface area (Å²) in [5.41, 5.74) is 1.96. The third-order valence-electron chi connectivity index (χ3n) is 3.29. The number of carbonyl (C=O) groups excluding carboxylic acids is 1. The van der Waals surface area contributed by atoms with Crippen molar-refractivity contribution in [3.63, 3.8) is 0 Å². The van der Waals surface area contributed by atoms with E-state index in [0.29, 0.717) is 11.1 Å². The van der Waals surface area contributed by atoms with E-state index in [0.717, 1.165) is 10.9 Å². The topological polar surface area (TPSA) is 30.0 Å². The molecule has 0 saturated heterocycles. The van der Waals surface area contributed by atoms with Gasteiger partial charge in [-0.1, -0.05) is 35.9 Å². The molecule has 0 aliphatic heterocycles. The summed E-state index contributed by atoms with van der Waals surface area (Å²) in [7, 11) is 0.